The van der Waals surface area contributed by atoms with Crippen molar-refractivity contribution in [3.05, 3.63) is 57.6 Å². The first-order valence-corrected chi connectivity index (χ1v) is 11.2. The lowest BCUT2D eigenvalue weighted by Crippen LogP contribution is -2.50. The summed E-state index contributed by atoms with van der Waals surface area (Å²) >= 11 is 12.1. The van der Waals surface area contributed by atoms with Crippen LogP contribution in [0, 0.1) is 0 Å². The standard InChI is InChI=1S/C23H30Cl2N4O2/c1-23(2,3)31-22(30)29-11-9-28(10-12-29)21-6-4-5-20(17(21)14-26)27-15-16-7-8-18(24)19(25)13-16/h4-8,13,27H,9-12,14-15,26H2,1-3H3. The highest BCUT2D eigenvalue weighted by Crippen LogP contribution is 2.29. The smallest absolute Gasteiger partial charge is 0.410 e. The summed E-state index contributed by atoms with van der Waals surface area (Å²) in [6.07, 6.45) is -0.261. The third-order valence-electron chi connectivity index (χ3n) is 5.09. The molecule has 1 aliphatic rings. The van der Waals surface area contributed by atoms with Crippen molar-refractivity contribution in [2.75, 3.05) is 36.4 Å². The molecule has 0 aliphatic carbocycles. The van der Waals surface area contributed by atoms with Crippen LogP contribution in [0.15, 0.2) is 36.4 Å². The summed E-state index contributed by atoms with van der Waals surface area (Å²) < 4.78 is 5.49. The maximum Gasteiger partial charge on any atom is 0.410 e. The molecule has 3 rings (SSSR count). The molecule has 8 heteroatoms. The van der Waals surface area contributed by atoms with Gasteiger partial charge in [-0.2, -0.15) is 0 Å². The molecule has 1 fully saturated rings. The predicted octanol–water partition coefficient (Wildman–Crippen LogP) is 5.12. The predicted molar refractivity (Wildman–Crippen MR) is 128 cm³/mol. The Morgan fingerprint density at radius 3 is 2.42 bits per heavy atom. The number of hydrogen-bond donors (Lipinski definition) is 2. The van der Waals surface area contributed by atoms with Crippen molar-refractivity contribution >= 4 is 40.7 Å². The van der Waals surface area contributed by atoms with E-state index in [1.165, 1.54) is 0 Å². The van der Waals surface area contributed by atoms with Gasteiger partial charge >= 0.3 is 6.09 Å². The second-order valence-corrected chi connectivity index (χ2v) is 9.38. The Balaban J connectivity index is 1.67. The van der Waals surface area contributed by atoms with E-state index in [1.807, 2.05) is 45.0 Å². The molecule has 6 nitrogen and oxygen atoms in total. The van der Waals surface area contributed by atoms with E-state index in [0.717, 1.165) is 35.6 Å². The Morgan fingerprint density at radius 2 is 1.81 bits per heavy atom. The van der Waals surface area contributed by atoms with Crippen LogP contribution in [0.25, 0.3) is 0 Å². The monoisotopic (exact) mass is 464 g/mol. The van der Waals surface area contributed by atoms with Crippen molar-refractivity contribution in [3.8, 4) is 0 Å². The van der Waals surface area contributed by atoms with Crippen LogP contribution in [-0.4, -0.2) is 42.8 Å². The van der Waals surface area contributed by atoms with Crippen LogP contribution in [0.4, 0.5) is 16.2 Å². The van der Waals surface area contributed by atoms with Gasteiger partial charge in [-0.15, -0.1) is 0 Å². The van der Waals surface area contributed by atoms with Crippen LogP contribution < -0.4 is 16.0 Å². The molecule has 0 saturated carbocycles. The van der Waals surface area contributed by atoms with Gasteiger partial charge in [0, 0.05) is 56.2 Å². The number of nitrogens with two attached hydrogens (primary N) is 1. The molecule has 0 bridgehead atoms. The van der Waals surface area contributed by atoms with E-state index in [-0.39, 0.29) is 6.09 Å². The Morgan fingerprint density at radius 1 is 1.10 bits per heavy atom. The van der Waals surface area contributed by atoms with Crippen LogP contribution in [0.5, 0.6) is 0 Å². The highest BCUT2D eigenvalue weighted by Gasteiger charge is 2.26. The van der Waals surface area contributed by atoms with Crippen molar-refractivity contribution in [2.24, 2.45) is 5.73 Å². The fourth-order valence-corrected chi connectivity index (χ4v) is 3.88. The average molecular weight is 465 g/mol. The number of carbonyl (C=O) groups excluding carboxylic acids is 1. The zero-order valence-corrected chi connectivity index (χ0v) is 19.8. The van der Waals surface area contributed by atoms with Crippen LogP contribution in [0.3, 0.4) is 0 Å². The number of carbonyl (C=O) groups is 1. The third-order valence-corrected chi connectivity index (χ3v) is 5.83. The molecule has 2 aromatic carbocycles. The van der Waals surface area contributed by atoms with Gasteiger partial charge in [0.15, 0.2) is 0 Å². The number of piperazine rings is 1. The first-order valence-electron chi connectivity index (χ1n) is 10.4. The molecule has 1 amide bonds. The van der Waals surface area contributed by atoms with Crippen molar-refractivity contribution in [1.29, 1.82) is 0 Å². The van der Waals surface area contributed by atoms with E-state index in [9.17, 15) is 4.79 Å². The summed E-state index contributed by atoms with van der Waals surface area (Å²) in [6.45, 7) is 9.33. The van der Waals surface area contributed by atoms with Gasteiger partial charge in [-0.05, 0) is 50.6 Å². The second-order valence-electron chi connectivity index (χ2n) is 8.56. The van der Waals surface area contributed by atoms with Gasteiger partial charge < -0.3 is 25.6 Å². The summed E-state index contributed by atoms with van der Waals surface area (Å²) in [7, 11) is 0. The van der Waals surface area contributed by atoms with E-state index in [4.69, 9.17) is 33.7 Å². The molecule has 168 valence electrons. The fourth-order valence-electron chi connectivity index (χ4n) is 3.55. The van der Waals surface area contributed by atoms with Gasteiger partial charge in [-0.1, -0.05) is 35.3 Å². The number of halogens is 2. The number of benzene rings is 2. The molecular formula is C23H30Cl2N4O2. The number of nitrogens with one attached hydrogen (secondary N) is 1. The minimum Gasteiger partial charge on any atom is -0.444 e. The van der Waals surface area contributed by atoms with Gasteiger partial charge in [0.1, 0.15) is 5.60 Å². The summed E-state index contributed by atoms with van der Waals surface area (Å²) in [5.74, 6) is 0. The lowest BCUT2D eigenvalue weighted by Gasteiger charge is -2.37. The second kappa shape index (κ2) is 9.98. The first kappa shape index (κ1) is 23.5. The SMILES string of the molecule is CC(C)(C)OC(=O)N1CCN(c2cccc(NCc3ccc(Cl)c(Cl)c3)c2CN)CC1. The minimum atomic E-state index is -0.491. The van der Waals surface area contributed by atoms with E-state index < -0.39 is 5.60 Å². The lowest BCUT2D eigenvalue weighted by atomic mass is 10.1. The largest absolute Gasteiger partial charge is 0.444 e. The molecule has 2 aromatic rings. The normalized spacial score (nSPS) is 14.5. The molecule has 0 atom stereocenters. The Kier molecular flexibility index (Phi) is 7.57. The maximum absolute atomic E-state index is 12.3. The lowest BCUT2D eigenvalue weighted by molar-refractivity contribution is 0.0240. The quantitative estimate of drug-likeness (QED) is 0.642. The summed E-state index contributed by atoms with van der Waals surface area (Å²) in [5.41, 5.74) is 9.80. The van der Waals surface area contributed by atoms with Gasteiger partial charge in [0.25, 0.3) is 0 Å². The average Bonchev–Trinajstić information content (AvgIpc) is 2.73. The van der Waals surface area contributed by atoms with E-state index in [0.29, 0.717) is 36.2 Å². The molecule has 0 spiro atoms. The molecule has 31 heavy (non-hydrogen) atoms. The minimum absolute atomic E-state index is 0.261. The third kappa shape index (κ3) is 6.19. The summed E-state index contributed by atoms with van der Waals surface area (Å²) in [6, 6.07) is 11.7. The van der Waals surface area contributed by atoms with Crippen LogP contribution in [0.1, 0.15) is 31.9 Å². The number of rotatable bonds is 5. The molecule has 0 unspecified atom stereocenters. The topological polar surface area (TPSA) is 70.8 Å². The number of anilines is 2. The van der Waals surface area contributed by atoms with Crippen LogP contribution in [0.2, 0.25) is 10.0 Å². The summed E-state index contributed by atoms with van der Waals surface area (Å²) in [4.78, 5) is 16.4. The molecule has 3 N–H and O–H groups in total. The van der Waals surface area contributed by atoms with E-state index in [1.54, 1.807) is 11.0 Å². The Labute approximate surface area is 194 Å². The van der Waals surface area contributed by atoms with Crippen molar-refractivity contribution in [3.63, 3.8) is 0 Å². The zero-order valence-electron chi connectivity index (χ0n) is 18.3. The molecule has 0 radical (unpaired) electrons. The van der Waals surface area contributed by atoms with E-state index in [2.05, 4.69) is 16.3 Å². The molecule has 1 saturated heterocycles. The Bertz CT molecular complexity index is 922. The number of amides is 1. The van der Waals surface area contributed by atoms with Gasteiger partial charge in [0.05, 0.1) is 10.0 Å². The van der Waals surface area contributed by atoms with Crippen molar-refractivity contribution in [2.45, 2.75) is 39.5 Å². The highest BCUT2D eigenvalue weighted by atomic mass is 35.5. The van der Waals surface area contributed by atoms with Crippen molar-refractivity contribution < 1.29 is 9.53 Å². The van der Waals surface area contributed by atoms with Crippen LogP contribution in [-0.2, 0) is 17.8 Å². The van der Waals surface area contributed by atoms with Crippen LogP contribution >= 0.6 is 23.2 Å². The first-order chi connectivity index (χ1) is 14.7. The molecule has 1 aliphatic heterocycles. The number of ether oxygens (including phenoxy) is 1. The van der Waals surface area contributed by atoms with Gasteiger partial charge in [-0.25, -0.2) is 4.79 Å². The summed E-state index contributed by atoms with van der Waals surface area (Å²) in [5, 5.41) is 4.55. The zero-order chi connectivity index (χ0) is 22.6. The molecular weight excluding hydrogens is 435 g/mol. The van der Waals surface area contributed by atoms with Crippen molar-refractivity contribution in [1.82, 2.24) is 4.90 Å². The Hall–Kier alpha value is -2.15. The maximum atomic E-state index is 12.3. The highest BCUT2D eigenvalue weighted by molar-refractivity contribution is 6.42. The van der Waals surface area contributed by atoms with Gasteiger partial charge in [0.2, 0.25) is 0 Å². The molecule has 0 aromatic heterocycles. The van der Waals surface area contributed by atoms with Gasteiger partial charge in [-0.3, -0.25) is 0 Å². The fraction of sp³-hybridized carbons (Fsp3) is 0.435. The number of nitrogens with zero attached hydrogens (tertiary/aromatic N) is 2. The van der Waals surface area contributed by atoms with E-state index >= 15 is 0 Å². The molecule has 1 heterocycles. The number of hydrogen-bond acceptors (Lipinski definition) is 5.